The van der Waals surface area contributed by atoms with Gasteiger partial charge in [-0.1, -0.05) is 5.16 Å². The highest BCUT2D eigenvalue weighted by molar-refractivity contribution is 6.01. The zero-order chi connectivity index (χ0) is 19.7. The Kier molecular flexibility index (Phi) is 4.58. The molecule has 2 aromatic heterocycles. The molecule has 0 spiro atoms. The van der Waals surface area contributed by atoms with Gasteiger partial charge in [0.2, 0.25) is 0 Å². The number of ketones is 1. The molecule has 2 N–H and O–H groups in total. The fraction of sp³-hybridized carbons (Fsp3) is 0.250. The van der Waals surface area contributed by atoms with E-state index in [2.05, 4.69) is 10.1 Å². The van der Waals surface area contributed by atoms with Crippen LogP contribution in [0.25, 0.3) is 22.6 Å². The second-order valence-electron chi connectivity index (χ2n) is 6.56. The maximum absolute atomic E-state index is 12.5. The molecule has 0 aliphatic carbocycles. The van der Waals surface area contributed by atoms with Crippen LogP contribution < -0.4 is 9.47 Å². The number of aromatic nitrogens is 2. The highest BCUT2D eigenvalue weighted by Gasteiger charge is 2.40. The smallest absolute Gasteiger partial charge is 0.170 e. The number of hydrogen-bond acceptors (Lipinski definition) is 8. The molecule has 1 aromatic carbocycles. The number of pyridine rings is 1. The summed E-state index contributed by atoms with van der Waals surface area (Å²) in [4.78, 5) is 16.6. The van der Waals surface area contributed by atoms with Crippen LogP contribution in [0.2, 0.25) is 0 Å². The molecule has 3 aromatic rings. The molecule has 0 bridgehead atoms. The SMILES string of the molecule is COc1cnccc1-c1cc(-c2ccc3c(c2)C(=O)CC(CO)(CO)O3)on1. The van der Waals surface area contributed by atoms with Crippen molar-refractivity contribution in [3.63, 3.8) is 0 Å². The number of aliphatic hydroxyl groups is 2. The number of nitrogens with zero attached hydrogens (tertiary/aromatic N) is 2. The number of fused-ring (bicyclic) bond motifs is 1. The Morgan fingerprint density at radius 2 is 2.00 bits per heavy atom. The summed E-state index contributed by atoms with van der Waals surface area (Å²) in [7, 11) is 1.55. The standard InChI is InChI=1S/C20H18N2O6/c1-26-19-9-21-5-4-13(19)15-7-18(28-22-15)12-2-3-17-14(6-12)16(25)8-20(10-23,11-24)27-17/h2-7,9,23-24H,8,10-11H2,1H3. The molecule has 28 heavy (non-hydrogen) atoms. The van der Waals surface area contributed by atoms with Crippen LogP contribution >= 0.6 is 0 Å². The zero-order valence-corrected chi connectivity index (χ0v) is 15.1. The lowest BCUT2D eigenvalue weighted by Gasteiger charge is -2.34. The van der Waals surface area contributed by atoms with Crippen LogP contribution in [0.15, 0.2) is 47.2 Å². The molecule has 8 heteroatoms. The molecule has 0 radical (unpaired) electrons. The first-order valence-corrected chi connectivity index (χ1v) is 8.62. The minimum Gasteiger partial charge on any atom is -0.494 e. The first-order chi connectivity index (χ1) is 13.6. The van der Waals surface area contributed by atoms with Crippen molar-refractivity contribution in [2.45, 2.75) is 12.0 Å². The number of Topliss-reactive ketones (excluding diaryl/α,β-unsaturated/α-hetero) is 1. The Morgan fingerprint density at radius 1 is 1.18 bits per heavy atom. The number of aliphatic hydroxyl groups excluding tert-OH is 2. The maximum atomic E-state index is 12.5. The average molecular weight is 382 g/mol. The number of carbonyl (C=O) groups is 1. The Bertz CT molecular complexity index is 1030. The summed E-state index contributed by atoms with van der Waals surface area (Å²) in [6.07, 6.45) is 3.12. The average Bonchev–Trinajstić information content (AvgIpc) is 3.23. The Labute approximate surface area is 160 Å². The van der Waals surface area contributed by atoms with E-state index >= 15 is 0 Å². The van der Waals surface area contributed by atoms with Gasteiger partial charge in [-0.05, 0) is 24.3 Å². The van der Waals surface area contributed by atoms with Gasteiger partial charge in [0, 0.05) is 23.4 Å². The summed E-state index contributed by atoms with van der Waals surface area (Å²) < 4.78 is 16.4. The van der Waals surface area contributed by atoms with Crippen molar-refractivity contribution in [1.29, 1.82) is 0 Å². The van der Waals surface area contributed by atoms with E-state index < -0.39 is 18.8 Å². The lowest BCUT2D eigenvalue weighted by atomic mass is 9.90. The molecule has 3 heterocycles. The monoisotopic (exact) mass is 382 g/mol. The Morgan fingerprint density at radius 3 is 2.75 bits per heavy atom. The van der Waals surface area contributed by atoms with Crippen LogP contribution in [0, 0.1) is 0 Å². The lowest BCUT2D eigenvalue weighted by Crippen LogP contribution is -2.48. The van der Waals surface area contributed by atoms with Gasteiger partial charge < -0.3 is 24.2 Å². The van der Waals surface area contributed by atoms with Gasteiger partial charge in [-0.3, -0.25) is 9.78 Å². The number of rotatable bonds is 5. The van der Waals surface area contributed by atoms with Crippen LogP contribution in [0.5, 0.6) is 11.5 Å². The molecule has 8 nitrogen and oxygen atoms in total. The minimum absolute atomic E-state index is 0.105. The van der Waals surface area contributed by atoms with Crippen LogP contribution in [0.1, 0.15) is 16.8 Å². The normalized spacial score (nSPS) is 15.0. The quantitative estimate of drug-likeness (QED) is 0.689. The topological polar surface area (TPSA) is 115 Å². The number of hydrogen-bond donors (Lipinski definition) is 2. The van der Waals surface area contributed by atoms with Gasteiger partial charge >= 0.3 is 0 Å². The summed E-state index contributed by atoms with van der Waals surface area (Å²) in [6, 6.07) is 8.53. The summed E-state index contributed by atoms with van der Waals surface area (Å²) in [5, 5.41) is 23.1. The summed E-state index contributed by atoms with van der Waals surface area (Å²) in [5.74, 6) is 1.15. The number of carbonyl (C=O) groups excluding carboxylic acids is 1. The molecule has 4 rings (SSSR count). The van der Waals surface area contributed by atoms with Crippen LogP contribution in [0.4, 0.5) is 0 Å². The van der Waals surface area contributed by atoms with Gasteiger partial charge in [-0.2, -0.15) is 0 Å². The first-order valence-electron chi connectivity index (χ1n) is 8.62. The molecule has 144 valence electrons. The third-order valence-electron chi connectivity index (χ3n) is 4.74. The molecular formula is C20H18N2O6. The fourth-order valence-electron chi connectivity index (χ4n) is 3.17. The Balaban J connectivity index is 1.68. The number of methoxy groups -OCH3 is 1. The fourth-order valence-corrected chi connectivity index (χ4v) is 3.17. The third kappa shape index (κ3) is 3.02. The van der Waals surface area contributed by atoms with E-state index in [1.54, 1.807) is 49.8 Å². The van der Waals surface area contributed by atoms with Gasteiger partial charge in [0.25, 0.3) is 0 Å². The molecule has 0 atom stereocenters. The predicted octanol–water partition coefficient (Wildman–Crippen LogP) is 2.10. The van der Waals surface area contributed by atoms with Crippen LogP contribution in [-0.2, 0) is 0 Å². The number of ether oxygens (including phenoxy) is 2. The van der Waals surface area contributed by atoms with E-state index in [0.29, 0.717) is 34.1 Å². The third-order valence-corrected chi connectivity index (χ3v) is 4.74. The molecule has 0 unspecified atom stereocenters. The van der Waals surface area contributed by atoms with Crippen molar-refractivity contribution in [2.24, 2.45) is 0 Å². The molecule has 0 saturated heterocycles. The second kappa shape index (κ2) is 7.06. The number of benzene rings is 1. The molecule has 1 aliphatic heterocycles. The zero-order valence-electron chi connectivity index (χ0n) is 15.1. The van der Waals surface area contributed by atoms with E-state index in [1.807, 2.05) is 0 Å². The predicted molar refractivity (Wildman–Crippen MR) is 98.2 cm³/mol. The maximum Gasteiger partial charge on any atom is 0.170 e. The van der Waals surface area contributed by atoms with Gasteiger partial charge in [-0.25, -0.2) is 0 Å². The molecule has 0 saturated carbocycles. The molecule has 0 fully saturated rings. The lowest BCUT2D eigenvalue weighted by molar-refractivity contribution is -0.0403. The van der Waals surface area contributed by atoms with Crippen LogP contribution in [0.3, 0.4) is 0 Å². The largest absolute Gasteiger partial charge is 0.494 e. The summed E-state index contributed by atoms with van der Waals surface area (Å²) in [6.45, 7) is -0.897. The van der Waals surface area contributed by atoms with Crippen molar-refractivity contribution in [3.05, 3.63) is 48.3 Å². The van der Waals surface area contributed by atoms with E-state index in [0.717, 1.165) is 5.56 Å². The second-order valence-corrected chi connectivity index (χ2v) is 6.56. The molecular weight excluding hydrogens is 364 g/mol. The van der Waals surface area contributed by atoms with Gasteiger partial charge in [0.1, 0.15) is 17.2 Å². The van der Waals surface area contributed by atoms with Gasteiger partial charge in [0.05, 0.1) is 38.5 Å². The van der Waals surface area contributed by atoms with E-state index in [4.69, 9.17) is 14.0 Å². The summed E-state index contributed by atoms with van der Waals surface area (Å²) >= 11 is 0. The van der Waals surface area contributed by atoms with Gasteiger partial charge in [-0.15, -0.1) is 0 Å². The Hall–Kier alpha value is -3.23. The van der Waals surface area contributed by atoms with Crippen molar-refractivity contribution in [3.8, 4) is 34.1 Å². The minimum atomic E-state index is -1.29. The highest BCUT2D eigenvalue weighted by atomic mass is 16.5. The van der Waals surface area contributed by atoms with Gasteiger partial charge in [0.15, 0.2) is 17.1 Å². The molecule has 1 aliphatic rings. The summed E-state index contributed by atoms with van der Waals surface area (Å²) in [5.41, 5.74) is 1.05. The van der Waals surface area contributed by atoms with Crippen molar-refractivity contribution >= 4 is 5.78 Å². The van der Waals surface area contributed by atoms with Crippen LogP contribution in [-0.4, -0.2) is 52.1 Å². The van der Waals surface area contributed by atoms with E-state index in [9.17, 15) is 15.0 Å². The molecule has 0 amide bonds. The van der Waals surface area contributed by atoms with E-state index in [1.165, 1.54) is 0 Å². The van der Waals surface area contributed by atoms with Crippen molar-refractivity contribution in [2.75, 3.05) is 20.3 Å². The van der Waals surface area contributed by atoms with E-state index in [-0.39, 0.29) is 12.2 Å². The first kappa shape index (κ1) is 18.1. The van der Waals surface area contributed by atoms with Crippen molar-refractivity contribution in [1.82, 2.24) is 10.1 Å². The highest BCUT2D eigenvalue weighted by Crippen LogP contribution is 2.37. The van der Waals surface area contributed by atoms with Crippen molar-refractivity contribution < 1.29 is 29.0 Å².